The first kappa shape index (κ1) is 17.7. The van der Waals surface area contributed by atoms with E-state index in [4.69, 9.17) is 0 Å². The molecule has 122 valence electrons. The molecule has 5 nitrogen and oxygen atoms in total. The molecule has 1 heterocycles. The quantitative estimate of drug-likeness (QED) is 0.612. The van der Waals surface area contributed by atoms with Crippen LogP contribution in [0.3, 0.4) is 0 Å². The number of nitrogens with zero attached hydrogens (tertiary/aromatic N) is 1. The molecular weight excluding hydrogens is 328 g/mol. The fourth-order valence-electron chi connectivity index (χ4n) is 1.37. The van der Waals surface area contributed by atoms with E-state index in [1.165, 1.54) is 12.2 Å². The number of hydrogen-bond acceptors (Lipinski definition) is 5. The van der Waals surface area contributed by atoms with Crippen LogP contribution in [0.1, 0.15) is 6.92 Å². The summed E-state index contributed by atoms with van der Waals surface area (Å²) < 4.78 is 82.2. The fraction of sp³-hybridized carbons (Fsp3) is 0.778. The Labute approximate surface area is 119 Å². The molecule has 0 saturated carbocycles. The zero-order valence-corrected chi connectivity index (χ0v) is 11.4. The molecule has 0 spiro atoms. The minimum atomic E-state index is -5.86. The van der Waals surface area contributed by atoms with Crippen molar-refractivity contribution in [2.45, 2.75) is 24.9 Å². The third kappa shape index (κ3) is 3.86. The summed E-state index contributed by atoms with van der Waals surface area (Å²) in [4.78, 5) is 14.6. The van der Waals surface area contributed by atoms with Crippen molar-refractivity contribution in [3.8, 4) is 0 Å². The maximum atomic E-state index is 13.0. The number of rotatable bonds is 3. The maximum Gasteiger partial charge on any atom is 0.439 e. The lowest BCUT2D eigenvalue weighted by molar-refractivity contribution is -0.310. The lowest BCUT2D eigenvalue weighted by Crippen LogP contribution is -2.76. The van der Waals surface area contributed by atoms with Crippen LogP contribution >= 0.6 is 11.8 Å². The van der Waals surface area contributed by atoms with Gasteiger partial charge in [0.2, 0.25) is 0 Å². The van der Waals surface area contributed by atoms with Crippen LogP contribution in [-0.4, -0.2) is 48.2 Å². The number of thioether (sulfide) groups is 1. The van der Waals surface area contributed by atoms with Gasteiger partial charge in [-0.05, 0) is 6.92 Å². The van der Waals surface area contributed by atoms with Crippen LogP contribution in [0, 0.1) is 0 Å². The Bertz CT molecular complexity index is 409. The van der Waals surface area contributed by atoms with Gasteiger partial charge >= 0.3 is 24.1 Å². The zero-order chi connectivity index (χ0) is 16.3. The van der Waals surface area contributed by atoms with E-state index in [1.807, 2.05) is 0 Å². The highest BCUT2D eigenvalue weighted by Crippen LogP contribution is 2.42. The van der Waals surface area contributed by atoms with Crippen molar-refractivity contribution in [2.75, 3.05) is 18.9 Å². The number of carbonyl (C=O) groups is 1. The van der Waals surface area contributed by atoms with E-state index >= 15 is 0 Å². The molecule has 0 atom stereocenters. The normalized spacial score (nSPS) is 16.4. The largest absolute Gasteiger partial charge is 0.450 e. The molecule has 1 amide bonds. The van der Waals surface area contributed by atoms with Crippen molar-refractivity contribution >= 4 is 23.0 Å². The van der Waals surface area contributed by atoms with Crippen LogP contribution in [0.15, 0.2) is 4.99 Å². The van der Waals surface area contributed by atoms with E-state index in [2.05, 4.69) is 9.73 Å². The lowest BCUT2D eigenvalue weighted by Gasteiger charge is -2.38. The van der Waals surface area contributed by atoms with Gasteiger partial charge in [0.25, 0.3) is 0 Å². The number of hydrogen-bond donors (Lipinski definition) is 2. The van der Waals surface area contributed by atoms with Crippen LogP contribution < -0.4 is 10.6 Å². The molecule has 1 aliphatic rings. The molecule has 1 rings (SSSR count). The molecule has 0 fully saturated rings. The summed E-state index contributed by atoms with van der Waals surface area (Å²) in [7, 11) is 0. The number of aliphatic imine (C=N–C) groups is 1. The summed E-state index contributed by atoms with van der Waals surface area (Å²) in [5.74, 6) is 0.244. The fourth-order valence-corrected chi connectivity index (χ4v) is 2.15. The Hall–Kier alpha value is -1.33. The highest BCUT2D eigenvalue weighted by Gasteiger charge is 2.73. The average Bonchev–Trinajstić information content (AvgIpc) is 2.78. The van der Waals surface area contributed by atoms with Gasteiger partial charge in [0.1, 0.15) is 0 Å². The summed E-state index contributed by atoms with van der Waals surface area (Å²) in [5.41, 5.74) is -4.66. The molecule has 0 aliphatic carbocycles. The molecule has 0 saturated heterocycles. The smallest absolute Gasteiger partial charge is 0.439 e. The second-order valence-corrected chi connectivity index (χ2v) is 4.83. The predicted molar refractivity (Wildman–Crippen MR) is 62.9 cm³/mol. The van der Waals surface area contributed by atoms with Gasteiger partial charge in [0, 0.05) is 5.75 Å². The van der Waals surface area contributed by atoms with Gasteiger partial charge in [-0.1, -0.05) is 11.8 Å². The third-order valence-corrected chi connectivity index (χ3v) is 3.19. The van der Waals surface area contributed by atoms with Crippen molar-refractivity contribution in [1.82, 2.24) is 10.6 Å². The number of nitrogens with one attached hydrogen (secondary N) is 2. The number of carbonyl (C=O) groups excluding carboxylic acids is 1. The van der Waals surface area contributed by atoms with Crippen LogP contribution in [0.5, 0.6) is 0 Å². The molecule has 21 heavy (non-hydrogen) atoms. The molecule has 2 N–H and O–H groups in total. The zero-order valence-electron chi connectivity index (χ0n) is 10.6. The minimum absolute atomic E-state index is 0.0815. The van der Waals surface area contributed by atoms with Gasteiger partial charge in [-0.15, -0.1) is 0 Å². The highest BCUT2D eigenvalue weighted by molar-refractivity contribution is 8.14. The van der Waals surface area contributed by atoms with Crippen LogP contribution in [0.4, 0.5) is 31.1 Å². The summed E-state index contributed by atoms with van der Waals surface area (Å²) in [6, 6.07) is 0. The first-order valence-corrected chi connectivity index (χ1v) is 6.56. The average molecular weight is 339 g/mol. The Kier molecular flexibility index (Phi) is 5.23. The molecular formula is C9H11F6N3O2S. The van der Waals surface area contributed by atoms with Crippen molar-refractivity contribution < 1.29 is 35.9 Å². The molecule has 0 unspecified atom stereocenters. The van der Waals surface area contributed by atoms with Crippen molar-refractivity contribution in [3.63, 3.8) is 0 Å². The van der Waals surface area contributed by atoms with E-state index in [9.17, 15) is 31.1 Å². The number of amidine groups is 1. The van der Waals surface area contributed by atoms with E-state index in [-0.39, 0.29) is 18.9 Å². The first-order valence-electron chi connectivity index (χ1n) is 5.57. The Morgan fingerprint density at radius 3 is 2.24 bits per heavy atom. The predicted octanol–water partition coefficient (Wildman–Crippen LogP) is 2.25. The first-order chi connectivity index (χ1) is 9.53. The maximum absolute atomic E-state index is 13.0. The number of amides is 1. The Morgan fingerprint density at radius 1 is 1.29 bits per heavy atom. The highest BCUT2D eigenvalue weighted by atomic mass is 32.2. The number of alkyl halides is 6. The van der Waals surface area contributed by atoms with Gasteiger partial charge < -0.3 is 10.1 Å². The Morgan fingerprint density at radius 2 is 1.86 bits per heavy atom. The van der Waals surface area contributed by atoms with Gasteiger partial charge in [0.15, 0.2) is 5.17 Å². The lowest BCUT2D eigenvalue weighted by atomic mass is 10.1. The van der Waals surface area contributed by atoms with E-state index in [0.717, 1.165) is 5.32 Å². The number of alkyl carbamates (subject to hydrolysis) is 1. The monoisotopic (exact) mass is 339 g/mol. The van der Waals surface area contributed by atoms with Crippen LogP contribution in [0.2, 0.25) is 0 Å². The van der Waals surface area contributed by atoms with Crippen molar-refractivity contribution in [1.29, 1.82) is 0 Å². The molecule has 0 radical (unpaired) electrons. The van der Waals surface area contributed by atoms with E-state index < -0.39 is 29.3 Å². The van der Waals surface area contributed by atoms with Gasteiger partial charge in [-0.3, -0.25) is 10.3 Å². The topological polar surface area (TPSA) is 62.7 Å². The number of halogens is 6. The van der Waals surface area contributed by atoms with Crippen LogP contribution in [-0.2, 0) is 4.74 Å². The minimum Gasteiger partial charge on any atom is -0.450 e. The Balaban J connectivity index is 3.18. The van der Waals surface area contributed by atoms with Crippen molar-refractivity contribution in [2.24, 2.45) is 4.99 Å². The second kappa shape index (κ2) is 6.20. The van der Waals surface area contributed by atoms with Gasteiger partial charge in [-0.2, -0.15) is 26.3 Å². The van der Waals surface area contributed by atoms with E-state index in [1.54, 1.807) is 0 Å². The van der Waals surface area contributed by atoms with Crippen molar-refractivity contribution in [3.05, 3.63) is 0 Å². The van der Waals surface area contributed by atoms with Gasteiger partial charge in [0.05, 0.1) is 13.2 Å². The molecule has 0 aromatic carbocycles. The molecule has 1 aliphatic heterocycles. The summed E-state index contributed by atoms with van der Waals surface area (Å²) in [6.45, 7) is 0.943. The summed E-state index contributed by atoms with van der Waals surface area (Å²) in [5, 5.41) is 1.52. The second-order valence-electron chi connectivity index (χ2n) is 3.75. The number of ether oxygens (including phenoxy) is 1. The SMILES string of the molecule is CCOC(=O)NC(NC1=NCCS1)(C(F)(F)F)C(F)(F)F. The molecule has 0 aromatic rings. The molecule has 0 bridgehead atoms. The van der Waals surface area contributed by atoms with E-state index in [0.29, 0.717) is 11.8 Å². The third-order valence-electron chi connectivity index (χ3n) is 2.30. The van der Waals surface area contributed by atoms with Crippen LogP contribution in [0.25, 0.3) is 0 Å². The standard InChI is InChI=1S/C9H11F6N3O2S/c1-2-20-6(19)18-7(8(10,11)12,9(13,14)15)17-5-16-3-4-21-5/h2-4H2,1H3,(H,16,17)(H,18,19). The summed E-state index contributed by atoms with van der Waals surface area (Å²) >= 11 is 0.689. The molecule has 12 heteroatoms. The summed E-state index contributed by atoms with van der Waals surface area (Å²) in [6.07, 6.45) is -13.6. The molecule has 0 aromatic heterocycles. The van der Waals surface area contributed by atoms with Gasteiger partial charge in [-0.25, -0.2) is 4.79 Å².